The van der Waals surface area contributed by atoms with Crippen molar-refractivity contribution in [3.63, 3.8) is 0 Å². The van der Waals surface area contributed by atoms with Gasteiger partial charge in [-0.1, -0.05) is 18.2 Å². The number of hydrogen-bond acceptors (Lipinski definition) is 3. The molecule has 0 saturated carbocycles. The first-order valence-electron chi connectivity index (χ1n) is 6.20. The highest BCUT2D eigenvalue weighted by Gasteiger charge is 2.35. The Bertz CT molecular complexity index is 770. The van der Waals surface area contributed by atoms with Gasteiger partial charge in [-0.05, 0) is 18.2 Å². The predicted molar refractivity (Wildman–Crippen MR) is 70.2 cm³/mol. The molecule has 0 aliphatic heterocycles. The van der Waals surface area contributed by atoms with E-state index in [-0.39, 0.29) is 0 Å². The summed E-state index contributed by atoms with van der Waals surface area (Å²) in [5, 5.41) is 11.0. The van der Waals surface area contributed by atoms with Gasteiger partial charge in [-0.2, -0.15) is 13.2 Å². The molecule has 0 aliphatic carbocycles. The number of halogens is 6. The van der Waals surface area contributed by atoms with Crippen LogP contribution in [0.4, 0.5) is 32.0 Å². The summed E-state index contributed by atoms with van der Waals surface area (Å²) in [6.45, 7) is 0. The molecule has 0 aliphatic rings. The molecule has 2 aromatic rings. The Morgan fingerprint density at radius 1 is 0.917 bits per heavy atom. The molecule has 2 aromatic carbocycles. The normalized spacial score (nSPS) is 12.1. The van der Waals surface area contributed by atoms with Crippen LogP contribution in [-0.4, -0.2) is 11.3 Å². The average Bonchev–Trinajstić information content (AvgIpc) is 2.44. The van der Waals surface area contributed by atoms with Crippen LogP contribution >= 0.6 is 0 Å². The molecule has 0 aromatic heterocycles. The van der Waals surface area contributed by atoms with Gasteiger partial charge in [-0.3, -0.25) is 10.1 Å². The lowest BCUT2D eigenvalue weighted by molar-refractivity contribution is -0.384. The molecule has 0 spiro atoms. The fourth-order valence-electron chi connectivity index (χ4n) is 1.99. The molecular formula is C14H7F6NO3. The molecule has 2 rings (SSSR count). The van der Waals surface area contributed by atoms with Gasteiger partial charge in [0.15, 0.2) is 0 Å². The van der Waals surface area contributed by atoms with Crippen molar-refractivity contribution in [3.05, 3.63) is 58.1 Å². The second kappa shape index (κ2) is 6.02. The largest absolute Gasteiger partial charge is 0.573 e. The van der Waals surface area contributed by atoms with E-state index in [1.165, 1.54) is 6.07 Å². The molecule has 0 fully saturated rings. The minimum atomic E-state index is -5.10. The fraction of sp³-hybridized carbons (Fsp3) is 0.143. The monoisotopic (exact) mass is 351 g/mol. The smallest absolute Gasteiger partial charge is 0.405 e. The molecule has 0 unspecified atom stereocenters. The van der Waals surface area contributed by atoms with E-state index in [1.807, 2.05) is 0 Å². The van der Waals surface area contributed by atoms with Gasteiger partial charge >= 0.3 is 12.5 Å². The van der Waals surface area contributed by atoms with Crippen LogP contribution < -0.4 is 4.74 Å². The summed E-state index contributed by atoms with van der Waals surface area (Å²) in [7, 11) is 0. The van der Waals surface area contributed by atoms with Crippen LogP contribution in [0.3, 0.4) is 0 Å². The van der Waals surface area contributed by atoms with Crippen LogP contribution in [0.5, 0.6) is 5.75 Å². The van der Waals surface area contributed by atoms with Crippen molar-refractivity contribution in [2.24, 2.45) is 0 Å². The first-order chi connectivity index (χ1) is 11.0. The summed E-state index contributed by atoms with van der Waals surface area (Å²) in [6, 6.07) is 5.72. The number of nitro benzene ring substituents is 1. The molecule has 4 nitrogen and oxygen atoms in total. The van der Waals surface area contributed by atoms with Crippen LogP contribution in [0, 0.1) is 10.1 Å². The van der Waals surface area contributed by atoms with E-state index in [4.69, 9.17) is 0 Å². The summed E-state index contributed by atoms with van der Waals surface area (Å²) in [5.74, 6) is -0.840. The minimum absolute atomic E-state index is 0.413. The van der Waals surface area contributed by atoms with Gasteiger partial charge in [0, 0.05) is 11.6 Å². The van der Waals surface area contributed by atoms with Crippen LogP contribution in [0.2, 0.25) is 0 Å². The highest BCUT2D eigenvalue weighted by Crippen LogP contribution is 2.41. The van der Waals surface area contributed by atoms with Crippen molar-refractivity contribution in [2.75, 3.05) is 0 Å². The zero-order chi connectivity index (χ0) is 18.1. The molecule has 128 valence electrons. The highest BCUT2D eigenvalue weighted by atomic mass is 19.4. The summed E-state index contributed by atoms with van der Waals surface area (Å²) in [4.78, 5) is 10.0. The molecule has 0 saturated heterocycles. The molecule has 0 bridgehead atoms. The van der Waals surface area contributed by atoms with Gasteiger partial charge < -0.3 is 4.74 Å². The van der Waals surface area contributed by atoms with Crippen LogP contribution in [-0.2, 0) is 6.18 Å². The van der Waals surface area contributed by atoms with E-state index in [9.17, 15) is 36.5 Å². The summed E-state index contributed by atoms with van der Waals surface area (Å²) in [6.07, 6.45) is -9.92. The fourth-order valence-corrected chi connectivity index (χ4v) is 1.99. The molecular weight excluding hydrogens is 344 g/mol. The Kier molecular flexibility index (Phi) is 4.41. The van der Waals surface area contributed by atoms with Crippen LogP contribution in [0.1, 0.15) is 5.56 Å². The first-order valence-corrected chi connectivity index (χ1v) is 6.20. The lowest BCUT2D eigenvalue weighted by Gasteiger charge is -2.14. The number of hydrogen-bond donors (Lipinski definition) is 0. The number of benzene rings is 2. The maximum absolute atomic E-state index is 12.8. The molecule has 0 amide bonds. The highest BCUT2D eigenvalue weighted by molar-refractivity contribution is 5.79. The van der Waals surface area contributed by atoms with Gasteiger partial charge in [-0.15, -0.1) is 13.2 Å². The molecule has 0 radical (unpaired) electrons. The Balaban J connectivity index is 2.69. The van der Waals surface area contributed by atoms with E-state index in [2.05, 4.69) is 4.74 Å². The second-order valence-electron chi connectivity index (χ2n) is 4.53. The standard InChI is InChI=1S/C14H7F6NO3/c15-13(16,17)8-5-6-11(21(22)23)10(7-8)9-3-1-2-4-12(9)24-14(18,19)20/h1-7H. The molecule has 24 heavy (non-hydrogen) atoms. The maximum Gasteiger partial charge on any atom is 0.573 e. The Hall–Kier alpha value is -2.78. The van der Waals surface area contributed by atoms with E-state index < -0.39 is 45.6 Å². The zero-order valence-electron chi connectivity index (χ0n) is 11.5. The molecule has 10 heteroatoms. The third-order valence-electron chi connectivity index (χ3n) is 2.92. The summed E-state index contributed by atoms with van der Waals surface area (Å²) < 4.78 is 79.5. The van der Waals surface area contributed by atoms with Crippen molar-refractivity contribution in [1.29, 1.82) is 0 Å². The predicted octanol–water partition coefficient (Wildman–Crippen LogP) is 5.18. The van der Waals surface area contributed by atoms with Crippen LogP contribution in [0.15, 0.2) is 42.5 Å². The maximum atomic E-state index is 12.8. The lowest BCUT2D eigenvalue weighted by atomic mass is 10.00. The number of para-hydroxylation sites is 1. The quantitative estimate of drug-likeness (QED) is 0.435. The van der Waals surface area contributed by atoms with Gasteiger partial charge in [0.2, 0.25) is 0 Å². The number of nitro groups is 1. The van der Waals surface area contributed by atoms with Gasteiger partial charge in [0.1, 0.15) is 5.75 Å². The third kappa shape index (κ3) is 3.94. The van der Waals surface area contributed by atoms with Gasteiger partial charge in [0.05, 0.1) is 16.1 Å². The van der Waals surface area contributed by atoms with Crippen LogP contribution in [0.25, 0.3) is 11.1 Å². The number of alkyl halides is 6. The Morgan fingerprint density at radius 3 is 2.08 bits per heavy atom. The van der Waals surface area contributed by atoms with Crippen molar-refractivity contribution in [1.82, 2.24) is 0 Å². The minimum Gasteiger partial charge on any atom is -0.405 e. The van der Waals surface area contributed by atoms with Crippen molar-refractivity contribution in [3.8, 4) is 16.9 Å². The topological polar surface area (TPSA) is 52.4 Å². The third-order valence-corrected chi connectivity index (χ3v) is 2.92. The molecule has 0 N–H and O–H groups in total. The number of ether oxygens (including phenoxy) is 1. The van der Waals surface area contributed by atoms with E-state index in [0.29, 0.717) is 18.2 Å². The lowest BCUT2D eigenvalue weighted by Crippen LogP contribution is -2.17. The Morgan fingerprint density at radius 2 is 1.54 bits per heavy atom. The van der Waals surface area contributed by atoms with E-state index in [0.717, 1.165) is 18.2 Å². The average molecular weight is 351 g/mol. The van der Waals surface area contributed by atoms with Crippen molar-refractivity contribution in [2.45, 2.75) is 12.5 Å². The zero-order valence-corrected chi connectivity index (χ0v) is 11.5. The SMILES string of the molecule is O=[N+]([O-])c1ccc(C(F)(F)F)cc1-c1ccccc1OC(F)(F)F. The van der Waals surface area contributed by atoms with Crippen molar-refractivity contribution >= 4 is 5.69 Å². The first kappa shape index (κ1) is 17.6. The molecule has 0 atom stereocenters. The number of rotatable bonds is 3. The summed E-state index contributed by atoms with van der Waals surface area (Å²) in [5.41, 5.74) is -3.12. The van der Waals surface area contributed by atoms with Gasteiger partial charge in [-0.25, -0.2) is 0 Å². The Labute approximate surface area is 130 Å². The van der Waals surface area contributed by atoms with Gasteiger partial charge in [0.25, 0.3) is 5.69 Å². The molecule has 0 heterocycles. The summed E-state index contributed by atoms with van der Waals surface area (Å²) >= 11 is 0. The van der Waals surface area contributed by atoms with E-state index in [1.54, 1.807) is 0 Å². The van der Waals surface area contributed by atoms with E-state index >= 15 is 0 Å². The second-order valence-corrected chi connectivity index (χ2v) is 4.53. The number of nitrogens with zero attached hydrogens (tertiary/aromatic N) is 1. The van der Waals surface area contributed by atoms with Crippen molar-refractivity contribution < 1.29 is 36.0 Å².